The van der Waals surface area contributed by atoms with Gasteiger partial charge < -0.3 is 18.8 Å². The van der Waals surface area contributed by atoms with Crippen molar-refractivity contribution in [2.24, 2.45) is 0 Å². The van der Waals surface area contributed by atoms with Crippen molar-refractivity contribution < 1.29 is 27.4 Å². The molecular weight excluding hydrogens is 433 g/mol. The molecule has 0 spiro atoms. The molecule has 1 aliphatic heterocycles. The number of alkyl halides is 3. The number of hydrogen-bond acceptors (Lipinski definition) is 4. The molecule has 0 N–H and O–H groups in total. The summed E-state index contributed by atoms with van der Waals surface area (Å²) in [7, 11) is 4.63. The zero-order chi connectivity index (χ0) is 23.6. The molecule has 1 aliphatic rings. The van der Waals surface area contributed by atoms with Crippen LogP contribution in [0.5, 0.6) is 17.2 Å². The van der Waals surface area contributed by atoms with Crippen LogP contribution in [0.3, 0.4) is 0 Å². The standard InChI is InChI=1S/C25H27F3N2O3/c1-31-21-12-11-17(23(32-2)24(21)33-3)16-30-15-7-14-29-13-6-10-20(29)22(30)18-8-4-5-9-19(18)25(26,27)28/h4-6,8-13,22H,7,14-16H2,1-3H3. The Morgan fingerprint density at radius 3 is 2.33 bits per heavy atom. The van der Waals surface area contributed by atoms with Gasteiger partial charge in [0.25, 0.3) is 0 Å². The van der Waals surface area contributed by atoms with Gasteiger partial charge in [-0.25, -0.2) is 0 Å². The minimum atomic E-state index is -4.45. The van der Waals surface area contributed by atoms with Crippen molar-refractivity contribution in [3.63, 3.8) is 0 Å². The van der Waals surface area contributed by atoms with E-state index in [4.69, 9.17) is 14.2 Å². The molecule has 1 aromatic heterocycles. The van der Waals surface area contributed by atoms with Crippen LogP contribution in [0.1, 0.15) is 34.8 Å². The molecule has 0 amide bonds. The topological polar surface area (TPSA) is 35.9 Å². The lowest BCUT2D eigenvalue weighted by molar-refractivity contribution is -0.138. The van der Waals surface area contributed by atoms with Crippen LogP contribution in [0.25, 0.3) is 0 Å². The second kappa shape index (κ2) is 9.39. The Kier molecular flexibility index (Phi) is 6.56. The lowest BCUT2D eigenvalue weighted by atomic mass is 9.95. The Hall–Kier alpha value is -3.13. The number of methoxy groups -OCH3 is 3. The van der Waals surface area contributed by atoms with Gasteiger partial charge in [-0.1, -0.05) is 24.3 Å². The van der Waals surface area contributed by atoms with Crippen LogP contribution in [0.15, 0.2) is 54.7 Å². The summed E-state index contributed by atoms with van der Waals surface area (Å²) in [5.74, 6) is 1.50. The molecule has 1 unspecified atom stereocenters. The van der Waals surface area contributed by atoms with Crippen molar-refractivity contribution in [2.75, 3.05) is 27.9 Å². The molecule has 2 heterocycles. The molecular formula is C25H27F3N2O3. The molecule has 0 aliphatic carbocycles. The fourth-order valence-corrected chi connectivity index (χ4v) is 4.67. The third-order valence-electron chi connectivity index (χ3n) is 6.07. The highest BCUT2D eigenvalue weighted by atomic mass is 19.4. The molecule has 0 saturated carbocycles. The summed E-state index contributed by atoms with van der Waals surface area (Å²) in [6.45, 7) is 1.74. The smallest absolute Gasteiger partial charge is 0.416 e. The van der Waals surface area contributed by atoms with Crippen molar-refractivity contribution >= 4 is 0 Å². The van der Waals surface area contributed by atoms with Crippen molar-refractivity contribution in [3.8, 4) is 17.2 Å². The van der Waals surface area contributed by atoms with Crippen LogP contribution in [0.2, 0.25) is 0 Å². The normalized spacial score (nSPS) is 16.7. The van der Waals surface area contributed by atoms with Crippen molar-refractivity contribution in [1.29, 1.82) is 0 Å². The zero-order valence-corrected chi connectivity index (χ0v) is 18.9. The number of hydrogen-bond donors (Lipinski definition) is 0. The lowest BCUT2D eigenvalue weighted by Gasteiger charge is -2.33. The minimum absolute atomic E-state index is 0.242. The second-order valence-corrected chi connectivity index (χ2v) is 7.93. The van der Waals surface area contributed by atoms with Crippen LogP contribution in [-0.4, -0.2) is 37.3 Å². The molecule has 1 atom stereocenters. The predicted octanol–water partition coefficient (Wildman–Crippen LogP) is 5.53. The Bertz CT molecular complexity index is 1110. The second-order valence-electron chi connectivity index (χ2n) is 7.93. The predicted molar refractivity (Wildman–Crippen MR) is 119 cm³/mol. The highest BCUT2D eigenvalue weighted by Crippen LogP contribution is 2.44. The first-order chi connectivity index (χ1) is 15.9. The van der Waals surface area contributed by atoms with Gasteiger partial charge in [-0.15, -0.1) is 0 Å². The maximum Gasteiger partial charge on any atom is 0.416 e. The van der Waals surface area contributed by atoms with E-state index in [0.717, 1.165) is 30.3 Å². The SMILES string of the molecule is COc1ccc(CN2CCCn3cccc3C2c2ccccc2C(F)(F)F)c(OC)c1OC. The quantitative estimate of drug-likeness (QED) is 0.485. The summed E-state index contributed by atoms with van der Waals surface area (Å²) in [5.41, 5.74) is 1.27. The summed E-state index contributed by atoms with van der Waals surface area (Å²) >= 11 is 0. The average molecular weight is 460 g/mol. The molecule has 0 fully saturated rings. The van der Waals surface area contributed by atoms with Crippen molar-refractivity contribution in [1.82, 2.24) is 9.47 Å². The molecule has 33 heavy (non-hydrogen) atoms. The first-order valence-electron chi connectivity index (χ1n) is 10.7. The summed E-state index contributed by atoms with van der Waals surface area (Å²) in [6, 6.07) is 12.7. The monoisotopic (exact) mass is 460 g/mol. The third-order valence-corrected chi connectivity index (χ3v) is 6.07. The first-order valence-corrected chi connectivity index (χ1v) is 10.7. The van der Waals surface area contributed by atoms with E-state index in [2.05, 4.69) is 4.90 Å². The number of aromatic nitrogens is 1. The molecule has 5 nitrogen and oxygen atoms in total. The van der Waals surface area contributed by atoms with Gasteiger partial charge in [0.05, 0.1) is 32.9 Å². The molecule has 176 valence electrons. The first kappa shape index (κ1) is 23.0. The molecule has 8 heteroatoms. The number of aryl methyl sites for hydroxylation is 1. The van der Waals surface area contributed by atoms with Crippen LogP contribution in [0.4, 0.5) is 13.2 Å². The van der Waals surface area contributed by atoms with Crippen LogP contribution in [-0.2, 0) is 19.3 Å². The Balaban J connectivity index is 1.84. The van der Waals surface area contributed by atoms with Gasteiger partial charge in [-0.2, -0.15) is 13.2 Å². The van der Waals surface area contributed by atoms with E-state index < -0.39 is 17.8 Å². The zero-order valence-electron chi connectivity index (χ0n) is 18.9. The Morgan fingerprint density at radius 1 is 0.879 bits per heavy atom. The summed E-state index contributed by atoms with van der Waals surface area (Å²) in [5, 5.41) is 0. The van der Waals surface area contributed by atoms with E-state index in [1.54, 1.807) is 32.4 Å². The van der Waals surface area contributed by atoms with Crippen LogP contribution < -0.4 is 14.2 Å². The van der Waals surface area contributed by atoms with E-state index in [-0.39, 0.29) is 5.56 Å². The van der Waals surface area contributed by atoms with Gasteiger partial charge in [0.2, 0.25) is 5.75 Å². The minimum Gasteiger partial charge on any atom is -0.493 e. The fourth-order valence-electron chi connectivity index (χ4n) is 4.67. The highest BCUT2D eigenvalue weighted by Gasteiger charge is 2.38. The summed E-state index contributed by atoms with van der Waals surface area (Å²) in [6.07, 6.45) is -1.71. The molecule has 0 saturated heterocycles. The number of benzene rings is 2. The van der Waals surface area contributed by atoms with Crippen molar-refractivity contribution in [2.45, 2.75) is 31.7 Å². The third kappa shape index (κ3) is 4.39. The summed E-state index contributed by atoms with van der Waals surface area (Å²) in [4.78, 5) is 2.08. The van der Waals surface area contributed by atoms with Crippen LogP contribution in [0, 0.1) is 0 Å². The Labute approximate surface area is 191 Å². The van der Waals surface area contributed by atoms with Gasteiger partial charge in [-0.05, 0) is 36.2 Å². The molecule has 2 aromatic carbocycles. The van der Waals surface area contributed by atoms with Gasteiger partial charge in [0, 0.05) is 37.1 Å². The summed E-state index contributed by atoms with van der Waals surface area (Å²) < 4.78 is 60.5. The number of ether oxygens (including phenoxy) is 3. The van der Waals surface area contributed by atoms with Crippen LogP contribution >= 0.6 is 0 Å². The maximum absolute atomic E-state index is 14.0. The number of fused-ring (bicyclic) bond motifs is 1. The van der Waals surface area contributed by atoms with E-state index in [9.17, 15) is 13.2 Å². The van der Waals surface area contributed by atoms with Crippen molar-refractivity contribution in [3.05, 3.63) is 77.1 Å². The molecule has 4 rings (SSSR count). The van der Waals surface area contributed by atoms with E-state index in [1.165, 1.54) is 13.2 Å². The van der Waals surface area contributed by atoms with E-state index in [0.29, 0.717) is 30.3 Å². The highest BCUT2D eigenvalue weighted by molar-refractivity contribution is 5.56. The van der Waals surface area contributed by atoms with Gasteiger partial charge >= 0.3 is 6.18 Å². The molecule has 0 radical (unpaired) electrons. The van der Waals surface area contributed by atoms with Gasteiger partial charge in [0.1, 0.15) is 0 Å². The van der Waals surface area contributed by atoms with E-state index in [1.807, 2.05) is 29.0 Å². The molecule has 0 bridgehead atoms. The van der Waals surface area contributed by atoms with Gasteiger partial charge in [-0.3, -0.25) is 4.90 Å². The lowest BCUT2D eigenvalue weighted by Crippen LogP contribution is -2.31. The number of halogens is 3. The average Bonchev–Trinajstić information content (AvgIpc) is 3.19. The molecule has 3 aromatic rings. The largest absolute Gasteiger partial charge is 0.493 e. The maximum atomic E-state index is 14.0. The Morgan fingerprint density at radius 2 is 1.64 bits per heavy atom. The van der Waals surface area contributed by atoms with E-state index >= 15 is 0 Å². The fraction of sp³-hybridized carbons (Fsp3) is 0.360. The number of rotatable bonds is 6. The van der Waals surface area contributed by atoms with Gasteiger partial charge in [0.15, 0.2) is 11.5 Å². The number of nitrogens with zero attached hydrogens (tertiary/aromatic N) is 2.